The van der Waals surface area contributed by atoms with Crippen molar-refractivity contribution < 1.29 is 14.6 Å². The van der Waals surface area contributed by atoms with Crippen LogP contribution in [0.25, 0.3) is 0 Å². The van der Waals surface area contributed by atoms with Gasteiger partial charge >= 0.3 is 0 Å². The van der Waals surface area contributed by atoms with E-state index in [4.69, 9.17) is 15.6 Å². The van der Waals surface area contributed by atoms with Gasteiger partial charge in [-0.3, -0.25) is 4.79 Å². The standard InChI is InChI=1S/C12H18N2O3/c1-8(6-7-15)14-12(16)9-4-3-5-10(13)11(9)17-2/h3-5,8,15H,6-7,13H2,1-2H3,(H,14,16). The molecule has 1 rings (SSSR count). The highest BCUT2D eigenvalue weighted by molar-refractivity contribution is 5.98. The molecule has 1 aromatic carbocycles. The Kier molecular flexibility index (Phi) is 4.78. The number of rotatable bonds is 5. The Morgan fingerprint density at radius 2 is 2.29 bits per heavy atom. The van der Waals surface area contributed by atoms with Crippen LogP contribution >= 0.6 is 0 Å². The van der Waals surface area contributed by atoms with E-state index in [9.17, 15) is 4.79 Å². The number of nitrogens with two attached hydrogens (primary N) is 1. The van der Waals surface area contributed by atoms with Gasteiger partial charge in [0.15, 0.2) is 5.75 Å². The van der Waals surface area contributed by atoms with Crippen LogP contribution in [-0.2, 0) is 0 Å². The molecule has 0 spiro atoms. The number of aliphatic hydroxyl groups excluding tert-OH is 1. The number of anilines is 1. The van der Waals surface area contributed by atoms with E-state index in [0.717, 1.165) is 0 Å². The lowest BCUT2D eigenvalue weighted by Crippen LogP contribution is -2.33. The van der Waals surface area contributed by atoms with Crippen LogP contribution in [-0.4, -0.2) is 30.8 Å². The summed E-state index contributed by atoms with van der Waals surface area (Å²) in [6.07, 6.45) is 0.510. The highest BCUT2D eigenvalue weighted by atomic mass is 16.5. The number of para-hydroxylation sites is 1. The molecule has 0 bridgehead atoms. The maximum atomic E-state index is 11.9. The first-order chi connectivity index (χ1) is 8.10. The van der Waals surface area contributed by atoms with Crippen molar-refractivity contribution in [1.29, 1.82) is 0 Å². The van der Waals surface area contributed by atoms with E-state index in [1.165, 1.54) is 7.11 Å². The second-order valence-corrected chi connectivity index (χ2v) is 3.81. The molecule has 1 atom stereocenters. The molecule has 0 radical (unpaired) electrons. The van der Waals surface area contributed by atoms with Gasteiger partial charge in [0.1, 0.15) is 0 Å². The van der Waals surface area contributed by atoms with Crippen LogP contribution in [0.5, 0.6) is 5.75 Å². The van der Waals surface area contributed by atoms with Gasteiger partial charge in [-0.2, -0.15) is 0 Å². The van der Waals surface area contributed by atoms with Crippen molar-refractivity contribution in [2.24, 2.45) is 0 Å². The molecule has 17 heavy (non-hydrogen) atoms. The van der Waals surface area contributed by atoms with Gasteiger partial charge in [-0.25, -0.2) is 0 Å². The summed E-state index contributed by atoms with van der Waals surface area (Å²) in [6, 6.07) is 4.92. The second kappa shape index (κ2) is 6.10. The summed E-state index contributed by atoms with van der Waals surface area (Å²) in [5.74, 6) is 0.122. The number of carbonyl (C=O) groups is 1. The molecule has 0 aliphatic heterocycles. The molecule has 5 heteroatoms. The molecule has 0 aliphatic carbocycles. The van der Waals surface area contributed by atoms with Crippen molar-refractivity contribution in [2.75, 3.05) is 19.5 Å². The maximum Gasteiger partial charge on any atom is 0.255 e. The van der Waals surface area contributed by atoms with Gasteiger partial charge in [0, 0.05) is 12.6 Å². The van der Waals surface area contributed by atoms with Crippen molar-refractivity contribution in [3.05, 3.63) is 23.8 Å². The molecule has 5 nitrogen and oxygen atoms in total. The molecule has 0 saturated heterocycles. The zero-order valence-electron chi connectivity index (χ0n) is 10.1. The Bertz CT molecular complexity index is 393. The van der Waals surface area contributed by atoms with E-state index in [1.807, 2.05) is 6.92 Å². The Morgan fingerprint density at radius 3 is 2.88 bits per heavy atom. The summed E-state index contributed by atoms with van der Waals surface area (Å²) >= 11 is 0. The minimum atomic E-state index is -0.255. The van der Waals surface area contributed by atoms with E-state index in [0.29, 0.717) is 23.4 Å². The molecule has 1 amide bonds. The molecule has 1 unspecified atom stereocenters. The maximum absolute atomic E-state index is 11.9. The number of benzene rings is 1. The summed E-state index contributed by atoms with van der Waals surface area (Å²) in [4.78, 5) is 11.9. The van der Waals surface area contributed by atoms with Gasteiger partial charge in [0.2, 0.25) is 0 Å². The highest BCUT2D eigenvalue weighted by Crippen LogP contribution is 2.25. The van der Waals surface area contributed by atoms with Crippen molar-refractivity contribution in [3.8, 4) is 5.75 Å². The molecule has 0 aliphatic rings. The van der Waals surface area contributed by atoms with Crippen molar-refractivity contribution in [3.63, 3.8) is 0 Å². The first-order valence-electron chi connectivity index (χ1n) is 5.44. The van der Waals surface area contributed by atoms with E-state index < -0.39 is 0 Å². The van der Waals surface area contributed by atoms with Gasteiger partial charge < -0.3 is 20.9 Å². The zero-order chi connectivity index (χ0) is 12.8. The van der Waals surface area contributed by atoms with Crippen LogP contribution < -0.4 is 15.8 Å². The van der Waals surface area contributed by atoms with E-state index >= 15 is 0 Å². The summed E-state index contributed by atoms with van der Waals surface area (Å²) in [7, 11) is 1.47. The molecule has 4 N–H and O–H groups in total. The summed E-state index contributed by atoms with van der Waals surface area (Å²) < 4.78 is 5.10. The average molecular weight is 238 g/mol. The highest BCUT2D eigenvalue weighted by Gasteiger charge is 2.15. The van der Waals surface area contributed by atoms with Crippen LogP contribution in [0, 0.1) is 0 Å². The average Bonchev–Trinajstić information content (AvgIpc) is 2.28. The van der Waals surface area contributed by atoms with Crippen LogP contribution in [0.4, 0.5) is 5.69 Å². The summed E-state index contributed by atoms with van der Waals surface area (Å²) in [5.41, 5.74) is 6.54. The van der Waals surface area contributed by atoms with Crippen molar-refractivity contribution in [2.45, 2.75) is 19.4 Å². The molecule has 0 heterocycles. The number of methoxy groups -OCH3 is 1. The monoisotopic (exact) mass is 238 g/mol. The van der Waals surface area contributed by atoms with Gasteiger partial charge in [-0.15, -0.1) is 0 Å². The van der Waals surface area contributed by atoms with Crippen molar-refractivity contribution >= 4 is 11.6 Å². The van der Waals surface area contributed by atoms with Crippen LogP contribution in [0.1, 0.15) is 23.7 Å². The molecule has 0 saturated carbocycles. The number of aliphatic hydroxyl groups is 1. The van der Waals surface area contributed by atoms with Crippen LogP contribution in [0.2, 0.25) is 0 Å². The lowest BCUT2D eigenvalue weighted by Gasteiger charge is -2.15. The summed E-state index contributed by atoms with van der Waals surface area (Å²) in [6.45, 7) is 1.86. The minimum absolute atomic E-state index is 0.0372. The Morgan fingerprint density at radius 1 is 1.59 bits per heavy atom. The largest absolute Gasteiger partial charge is 0.494 e. The predicted octanol–water partition coefficient (Wildman–Crippen LogP) is 0.778. The normalized spacial score (nSPS) is 11.9. The topological polar surface area (TPSA) is 84.6 Å². The molecular weight excluding hydrogens is 220 g/mol. The van der Waals surface area contributed by atoms with E-state index in [-0.39, 0.29) is 18.6 Å². The number of nitrogen functional groups attached to an aromatic ring is 1. The molecule has 94 valence electrons. The molecule has 1 aromatic rings. The Labute approximate surface area is 101 Å². The third-order valence-corrected chi connectivity index (χ3v) is 2.43. The second-order valence-electron chi connectivity index (χ2n) is 3.81. The van der Waals surface area contributed by atoms with E-state index in [1.54, 1.807) is 18.2 Å². The lowest BCUT2D eigenvalue weighted by atomic mass is 10.1. The fraction of sp³-hybridized carbons (Fsp3) is 0.417. The fourth-order valence-electron chi connectivity index (χ4n) is 1.53. The van der Waals surface area contributed by atoms with Crippen molar-refractivity contribution in [1.82, 2.24) is 5.32 Å². The van der Waals surface area contributed by atoms with Crippen LogP contribution in [0.3, 0.4) is 0 Å². The third-order valence-electron chi connectivity index (χ3n) is 2.43. The quantitative estimate of drug-likeness (QED) is 0.662. The molecule has 0 aromatic heterocycles. The van der Waals surface area contributed by atoms with Gasteiger partial charge in [0.05, 0.1) is 18.4 Å². The van der Waals surface area contributed by atoms with Crippen LogP contribution in [0.15, 0.2) is 18.2 Å². The van der Waals surface area contributed by atoms with Gasteiger partial charge in [-0.1, -0.05) is 6.07 Å². The third kappa shape index (κ3) is 3.35. The number of hydrogen-bond acceptors (Lipinski definition) is 4. The molecule has 0 fully saturated rings. The van der Waals surface area contributed by atoms with Gasteiger partial charge in [-0.05, 0) is 25.5 Å². The number of amides is 1. The Balaban J connectivity index is 2.85. The number of carbonyl (C=O) groups excluding carboxylic acids is 1. The van der Waals surface area contributed by atoms with E-state index in [2.05, 4.69) is 5.32 Å². The number of nitrogens with one attached hydrogen (secondary N) is 1. The SMILES string of the molecule is COc1c(N)cccc1C(=O)NC(C)CCO. The zero-order valence-corrected chi connectivity index (χ0v) is 10.1. The fourth-order valence-corrected chi connectivity index (χ4v) is 1.53. The smallest absolute Gasteiger partial charge is 0.255 e. The molecular formula is C12H18N2O3. The Hall–Kier alpha value is -1.75. The van der Waals surface area contributed by atoms with Gasteiger partial charge in [0.25, 0.3) is 5.91 Å². The first-order valence-corrected chi connectivity index (χ1v) is 5.44. The first kappa shape index (κ1) is 13.3. The predicted molar refractivity (Wildman–Crippen MR) is 66.0 cm³/mol. The lowest BCUT2D eigenvalue weighted by molar-refractivity contribution is 0.0931. The summed E-state index contributed by atoms with van der Waals surface area (Å²) in [5, 5.41) is 11.5. The number of hydrogen-bond donors (Lipinski definition) is 3. The minimum Gasteiger partial charge on any atom is -0.494 e. The number of ether oxygens (including phenoxy) is 1.